The Labute approximate surface area is 175 Å². The zero-order chi connectivity index (χ0) is 22.6. The normalized spacial score (nSPS) is 25.0. The molecular weight excluding hydrogens is 368 g/mol. The van der Waals surface area contributed by atoms with Crippen LogP contribution in [-0.4, -0.2) is 55.8 Å². The Kier molecular flexibility index (Phi) is 13.3. The van der Waals surface area contributed by atoms with E-state index in [2.05, 4.69) is 16.5 Å². The van der Waals surface area contributed by atoms with Crippen LogP contribution >= 0.6 is 0 Å². The van der Waals surface area contributed by atoms with Crippen molar-refractivity contribution in [3.05, 3.63) is 53.7 Å². The highest BCUT2D eigenvalue weighted by Gasteiger charge is 2.44. The highest BCUT2D eigenvalue weighted by molar-refractivity contribution is 5.53. The summed E-state index contributed by atoms with van der Waals surface area (Å²) in [6, 6.07) is 0. The number of nitrogens with zero attached hydrogens (tertiary/aromatic N) is 2. The van der Waals surface area contributed by atoms with Crippen LogP contribution in [0.15, 0.2) is 36.7 Å². The molecule has 1 fully saturated rings. The van der Waals surface area contributed by atoms with Crippen LogP contribution in [0.5, 0.6) is 0 Å². The molecule has 0 saturated carbocycles. The molecule has 0 amide bonds. The summed E-state index contributed by atoms with van der Waals surface area (Å²) >= 11 is 0. The maximum absolute atomic E-state index is 10.0. The Balaban J connectivity index is 0.000000526. The minimum Gasteiger partial charge on any atom is -0.388 e. The molecule has 164 valence electrons. The van der Waals surface area contributed by atoms with Crippen molar-refractivity contribution in [2.75, 3.05) is 0 Å². The van der Waals surface area contributed by atoms with Crippen molar-refractivity contribution in [3.63, 3.8) is 0 Å². The van der Waals surface area contributed by atoms with Gasteiger partial charge in [-0.25, -0.2) is 9.97 Å². The number of ether oxygens (including phenoxy) is 1. The van der Waals surface area contributed by atoms with Gasteiger partial charge in [0.1, 0.15) is 30.7 Å². The summed E-state index contributed by atoms with van der Waals surface area (Å²) in [5.74, 6) is 0. The predicted molar refractivity (Wildman–Crippen MR) is 118 cm³/mol. The lowest BCUT2D eigenvalue weighted by Crippen LogP contribution is -2.39. The molecule has 1 aromatic heterocycles. The van der Waals surface area contributed by atoms with Crippen LogP contribution in [0, 0.1) is 13.8 Å². The molecule has 3 N–H and O–H groups in total. The molecule has 5 unspecified atom stereocenters. The molecule has 29 heavy (non-hydrogen) atoms. The SMILES string of the molecule is C/C=C\c1c(C)ncnc1C.C=C/C(=C\CC)C(O)C1OC(C)C(O)C1O.CC. The zero-order valence-electron chi connectivity index (χ0n) is 18.8. The molecule has 0 aromatic carbocycles. The summed E-state index contributed by atoms with van der Waals surface area (Å²) < 4.78 is 5.34. The van der Waals surface area contributed by atoms with Crippen LogP contribution in [-0.2, 0) is 4.74 Å². The van der Waals surface area contributed by atoms with E-state index < -0.39 is 30.5 Å². The second-order valence-electron chi connectivity index (χ2n) is 6.51. The molecule has 0 aliphatic carbocycles. The minimum atomic E-state index is -1.06. The third-order valence-electron chi connectivity index (χ3n) is 4.48. The van der Waals surface area contributed by atoms with E-state index >= 15 is 0 Å². The third kappa shape index (κ3) is 7.82. The zero-order valence-corrected chi connectivity index (χ0v) is 18.8. The van der Waals surface area contributed by atoms with Gasteiger partial charge in [0.15, 0.2) is 0 Å². The van der Waals surface area contributed by atoms with E-state index in [1.54, 1.807) is 19.3 Å². The first-order valence-electron chi connectivity index (χ1n) is 10.2. The topological polar surface area (TPSA) is 95.7 Å². The van der Waals surface area contributed by atoms with E-state index in [1.165, 1.54) is 0 Å². The van der Waals surface area contributed by atoms with Gasteiger partial charge in [-0.3, -0.25) is 0 Å². The fourth-order valence-electron chi connectivity index (χ4n) is 2.90. The molecule has 1 aliphatic rings. The lowest BCUT2D eigenvalue weighted by Gasteiger charge is -2.22. The van der Waals surface area contributed by atoms with Crippen LogP contribution in [0.3, 0.4) is 0 Å². The lowest BCUT2D eigenvalue weighted by atomic mass is 9.98. The number of aliphatic hydroxyl groups excluding tert-OH is 3. The Morgan fingerprint density at radius 3 is 2.14 bits per heavy atom. The van der Waals surface area contributed by atoms with Crippen LogP contribution in [0.2, 0.25) is 0 Å². The summed E-state index contributed by atoms with van der Waals surface area (Å²) in [5.41, 5.74) is 3.83. The van der Waals surface area contributed by atoms with E-state index in [4.69, 9.17) is 4.74 Å². The van der Waals surface area contributed by atoms with E-state index in [0.717, 1.165) is 23.4 Å². The standard InChI is InChI=1S/C12H20O4.C9H12N2.C2H6/c1-4-6-8(5-2)10(14)12-11(15)9(13)7(3)16-12;1-4-5-9-7(2)10-6-11-8(9)3;1-2/h5-7,9-15H,2,4H2,1,3H3;4-6H,1-3H3;1-2H3/b8-6+;5-4-;. The van der Waals surface area contributed by atoms with Gasteiger partial charge in [-0.1, -0.05) is 51.7 Å². The first kappa shape index (κ1) is 27.1. The Hall–Kier alpha value is -1.86. The Bertz CT molecular complexity index is 653. The van der Waals surface area contributed by atoms with Gasteiger partial charge in [0.25, 0.3) is 0 Å². The molecule has 2 heterocycles. The number of rotatable bonds is 5. The maximum atomic E-state index is 10.0. The van der Waals surface area contributed by atoms with Crippen molar-refractivity contribution >= 4 is 6.08 Å². The number of aromatic nitrogens is 2. The van der Waals surface area contributed by atoms with Crippen molar-refractivity contribution in [2.24, 2.45) is 0 Å². The molecule has 0 spiro atoms. The quantitative estimate of drug-likeness (QED) is 0.648. The fourth-order valence-corrected chi connectivity index (χ4v) is 2.90. The van der Waals surface area contributed by atoms with E-state index in [-0.39, 0.29) is 0 Å². The molecule has 5 atom stereocenters. The lowest BCUT2D eigenvalue weighted by molar-refractivity contribution is -0.0471. The monoisotopic (exact) mass is 406 g/mol. The summed E-state index contributed by atoms with van der Waals surface area (Å²) in [6.07, 6.45) is 5.52. The van der Waals surface area contributed by atoms with Crippen LogP contribution < -0.4 is 0 Å². The Morgan fingerprint density at radius 2 is 1.76 bits per heavy atom. The van der Waals surface area contributed by atoms with Crippen LogP contribution in [0.25, 0.3) is 6.08 Å². The summed E-state index contributed by atoms with van der Waals surface area (Å²) in [5, 5.41) is 29.3. The number of aliphatic hydroxyl groups is 3. The first-order chi connectivity index (χ1) is 13.8. The van der Waals surface area contributed by atoms with Gasteiger partial charge in [-0.2, -0.15) is 0 Å². The molecule has 1 saturated heterocycles. The highest BCUT2D eigenvalue weighted by Crippen LogP contribution is 2.26. The van der Waals surface area contributed by atoms with Gasteiger partial charge >= 0.3 is 0 Å². The third-order valence-corrected chi connectivity index (χ3v) is 4.48. The smallest absolute Gasteiger partial charge is 0.116 e. The van der Waals surface area contributed by atoms with Gasteiger partial charge in [0.05, 0.1) is 6.10 Å². The molecule has 0 radical (unpaired) electrons. The summed E-state index contributed by atoms with van der Waals surface area (Å²) in [7, 11) is 0. The molecule has 0 bridgehead atoms. The second-order valence-corrected chi connectivity index (χ2v) is 6.51. The van der Waals surface area contributed by atoms with Crippen molar-refractivity contribution in [3.8, 4) is 0 Å². The van der Waals surface area contributed by atoms with Crippen molar-refractivity contribution in [1.82, 2.24) is 9.97 Å². The van der Waals surface area contributed by atoms with Gasteiger partial charge in [-0.15, -0.1) is 0 Å². The average Bonchev–Trinajstić information content (AvgIpc) is 2.98. The Morgan fingerprint density at radius 1 is 1.21 bits per heavy atom. The van der Waals surface area contributed by atoms with Gasteiger partial charge in [0, 0.05) is 17.0 Å². The number of aryl methyl sites for hydroxylation is 2. The number of hydrogen-bond donors (Lipinski definition) is 3. The number of hydrogen-bond acceptors (Lipinski definition) is 6. The second kappa shape index (κ2) is 14.2. The van der Waals surface area contributed by atoms with Gasteiger partial charge in [-0.05, 0) is 39.7 Å². The van der Waals surface area contributed by atoms with Crippen molar-refractivity contribution in [2.45, 2.75) is 85.4 Å². The van der Waals surface area contributed by atoms with Crippen molar-refractivity contribution in [1.29, 1.82) is 0 Å². The van der Waals surface area contributed by atoms with E-state index in [0.29, 0.717) is 5.57 Å². The molecule has 6 heteroatoms. The fraction of sp³-hybridized carbons (Fsp3) is 0.565. The average molecular weight is 407 g/mol. The largest absolute Gasteiger partial charge is 0.388 e. The minimum absolute atomic E-state index is 0.470. The predicted octanol–water partition coefficient (Wildman–Crippen LogP) is 3.53. The van der Waals surface area contributed by atoms with Gasteiger partial charge in [0.2, 0.25) is 0 Å². The van der Waals surface area contributed by atoms with Crippen molar-refractivity contribution < 1.29 is 20.1 Å². The molecule has 1 aliphatic heterocycles. The summed E-state index contributed by atoms with van der Waals surface area (Å²) in [6.45, 7) is 17.2. The van der Waals surface area contributed by atoms with E-state index in [1.807, 2.05) is 59.8 Å². The van der Waals surface area contributed by atoms with Crippen LogP contribution in [0.4, 0.5) is 0 Å². The van der Waals surface area contributed by atoms with E-state index in [9.17, 15) is 15.3 Å². The molecule has 1 aromatic rings. The number of allylic oxidation sites excluding steroid dienone is 2. The first-order valence-corrected chi connectivity index (χ1v) is 10.2. The van der Waals surface area contributed by atoms with Crippen LogP contribution in [0.1, 0.15) is 58.0 Å². The maximum Gasteiger partial charge on any atom is 0.116 e. The highest BCUT2D eigenvalue weighted by atomic mass is 16.6. The molecule has 6 nitrogen and oxygen atoms in total. The summed E-state index contributed by atoms with van der Waals surface area (Å²) in [4.78, 5) is 8.19. The van der Waals surface area contributed by atoms with Gasteiger partial charge < -0.3 is 20.1 Å². The molecular formula is C23H38N2O4. The molecule has 2 rings (SSSR count).